The van der Waals surface area contributed by atoms with Crippen molar-refractivity contribution >= 4 is 23.0 Å². The number of carbonyl (C=O) groups is 2. The highest BCUT2D eigenvalue weighted by molar-refractivity contribution is 6.21. The van der Waals surface area contributed by atoms with Crippen molar-refractivity contribution in [3.05, 3.63) is 89.4 Å². The number of hydrogen-bond acceptors (Lipinski definition) is 5. The Labute approximate surface area is 172 Å². The van der Waals surface area contributed by atoms with Crippen molar-refractivity contribution in [3.8, 4) is 5.75 Å². The van der Waals surface area contributed by atoms with Gasteiger partial charge in [0.15, 0.2) is 5.65 Å². The standard InChI is InChI=1S/C23H18N4O3/c1-30-16-10-8-15(9-11-16)13-26-20(25-19-7-4-12-24-21(19)26)14-27-22(28)17-5-2-3-6-18(17)23(27)29/h2-12H,13-14H2,1H3. The van der Waals surface area contributed by atoms with Crippen molar-refractivity contribution < 1.29 is 14.3 Å². The van der Waals surface area contributed by atoms with Crippen LogP contribution < -0.4 is 4.74 Å². The first-order valence-corrected chi connectivity index (χ1v) is 9.54. The van der Waals surface area contributed by atoms with Gasteiger partial charge in [0.2, 0.25) is 0 Å². The van der Waals surface area contributed by atoms with Crippen LogP contribution in [0.25, 0.3) is 11.2 Å². The van der Waals surface area contributed by atoms with Crippen molar-refractivity contribution in [2.75, 3.05) is 7.11 Å². The molecule has 0 fully saturated rings. The van der Waals surface area contributed by atoms with E-state index in [2.05, 4.69) is 9.97 Å². The summed E-state index contributed by atoms with van der Waals surface area (Å²) in [6, 6.07) is 18.3. The molecule has 0 radical (unpaired) electrons. The molecule has 0 spiro atoms. The number of fused-ring (bicyclic) bond motifs is 2. The van der Waals surface area contributed by atoms with Gasteiger partial charge in [0.05, 0.1) is 31.3 Å². The van der Waals surface area contributed by atoms with Gasteiger partial charge in [0.1, 0.15) is 17.1 Å². The SMILES string of the molecule is COc1ccc(Cn2c(CN3C(=O)c4ccccc4C3=O)nc3cccnc32)cc1. The van der Waals surface area contributed by atoms with Crippen molar-refractivity contribution in [2.24, 2.45) is 0 Å². The molecule has 0 bridgehead atoms. The van der Waals surface area contributed by atoms with Crippen LogP contribution in [-0.2, 0) is 13.1 Å². The number of benzene rings is 2. The molecule has 2 aromatic carbocycles. The van der Waals surface area contributed by atoms with Gasteiger partial charge in [-0.3, -0.25) is 14.5 Å². The molecule has 2 amide bonds. The average Bonchev–Trinajstić information content (AvgIpc) is 3.25. The zero-order valence-corrected chi connectivity index (χ0v) is 16.3. The van der Waals surface area contributed by atoms with Gasteiger partial charge in [-0.1, -0.05) is 24.3 Å². The Kier molecular flexibility index (Phi) is 4.28. The molecule has 7 nitrogen and oxygen atoms in total. The minimum absolute atomic E-state index is 0.0822. The largest absolute Gasteiger partial charge is 0.497 e. The predicted molar refractivity (Wildman–Crippen MR) is 110 cm³/mol. The molecule has 1 aliphatic rings. The third-order valence-corrected chi connectivity index (χ3v) is 5.26. The second-order valence-electron chi connectivity index (χ2n) is 7.05. The molecule has 0 saturated heterocycles. The summed E-state index contributed by atoms with van der Waals surface area (Å²) >= 11 is 0. The summed E-state index contributed by atoms with van der Waals surface area (Å²) in [6.45, 7) is 0.592. The van der Waals surface area contributed by atoms with Crippen LogP contribution in [0.15, 0.2) is 66.9 Å². The number of rotatable bonds is 5. The lowest BCUT2D eigenvalue weighted by molar-refractivity contribution is 0.0637. The highest BCUT2D eigenvalue weighted by Gasteiger charge is 2.36. The van der Waals surface area contributed by atoms with Gasteiger partial charge in [0, 0.05) is 6.20 Å². The van der Waals surface area contributed by atoms with Crippen LogP contribution in [0.5, 0.6) is 5.75 Å². The van der Waals surface area contributed by atoms with E-state index in [9.17, 15) is 9.59 Å². The van der Waals surface area contributed by atoms with E-state index in [-0.39, 0.29) is 18.4 Å². The second-order valence-corrected chi connectivity index (χ2v) is 7.05. The van der Waals surface area contributed by atoms with E-state index in [0.29, 0.717) is 29.1 Å². The molecule has 4 aromatic rings. The van der Waals surface area contributed by atoms with Gasteiger partial charge in [0.25, 0.3) is 11.8 Å². The normalized spacial score (nSPS) is 13.2. The lowest BCUT2D eigenvalue weighted by Crippen LogP contribution is -2.30. The second kappa shape index (κ2) is 7.11. The van der Waals surface area contributed by atoms with E-state index in [4.69, 9.17) is 4.74 Å². The molecular formula is C23H18N4O3. The monoisotopic (exact) mass is 398 g/mol. The number of imidazole rings is 1. The first-order chi connectivity index (χ1) is 14.7. The summed E-state index contributed by atoms with van der Waals surface area (Å²) in [4.78, 5) is 36.0. The average molecular weight is 398 g/mol. The van der Waals surface area contributed by atoms with Gasteiger partial charge >= 0.3 is 0 Å². The Bertz CT molecular complexity index is 1240. The number of pyridine rings is 1. The summed E-state index contributed by atoms with van der Waals surface area (Å²) in [5.74, 6) is 0.783. The Morgan fingerprint density at radius 2 is 1.57 bits per heavy atom. The number of aromatic nitrogens is 3. The van der Waals surface area contributed by atoms with Crippen molar-refractivity contribution in [2.45, 2.75) is 13.1 Å². The molecule has 0 atom stereocenters. The molecule has 30 heavy (non-hydrogen) atoms. The van der Waals surface area contributed by atoms with Crippen LogP contribution >= 0.6 is 0 Å². The molecule has 0 N–H and O–H groups in total. The van der Waals surface area contributed by atoms with Crippen molar-refractivity contribution in [1.82, 2.24) is 19.4 Å². The highest BCUT2D eigenvalue weighted by Crippen LogP contribution is 2.25. The molecule has 5 rings (SSSR count). The topological polar surface area (TPSA) is 77.3 Å². The number of carbonyl (C=O) groups excluding carboxylic acids is 2. The van der Waals surface area contributed by atoms with Crippen molar-refractivity contribution in [1.29, 1.82) is 0 Å². The number of nitrogens with zero attached hydrogens (tertiary/aromatic N) is 4. The summed E-state index contributed by atoms with van der Waals surface area (Å²) < 4.78 is 7.17. The van der Waals surface area contributed by atoms with E-state index in [1.54, 1.807) is 37.6 Å². The summed E-state index contributed by atoms with van der Waals surface area (Å²) in [5.41, 5.74) is 3.32. The summed E-state index contributed by atoms with van der Waals surface area (Å²) in [7, 11) is 1.63. The van der Waals surface area contributed by atoms with Gasteiger partial charge in [-0.15, -0.1) is 0 Å². The van der Waals surface area contributed by atoms with Crippen LogP contribution in [0, 0.1) is 0 Å². The summed E-state index contributed by atoms with van der Waals surface area (Å²) in [6.07, 6.45) is 1.71. The fourth-order valence-corrected chi connectivity index (χ4v) is 3.73. The van der Waals surface area contributed by atoms with E-state index < -0.39 is 0 Å². The smallest absolute Gasteiger partial charge is 0.261 e. The fourth-order valence-electron chi connectivity index (χ4n) is 3.73. The Morgan fingerprint density at radius 1 is 0.867 bits per heavy atom. The third-order valence-electron chi connectivity index (χ3n) is 5.26. The predicted octanol–water partition coefficient (Wildman–Crippen LogP) is 3.28. The van der Waals surface area contributed by atoms with E-state index in [1.165, 1.54) is 4.90 Å². The van der Waals surface area contributed by atoms with Crippen molar-refractivity contribution in [3.63, 3.8) is 0 Å². The molecule has 0 saturated carbocycles. The molecule has 2 aromatic heterocycles. The van der Waals surface area contributed by atoms with Crippen LogP contribution in [0.4, 0.5) is 0 Å². The Hall–Kier alpha value is -4.00. The minimum Gasteiger partial charge on any atom is -0.497 e. The van der Waals surface area contributed by atoms with Crippen LogP contribution in [0.2, 0.25) is 0 Å². The summed E-state index contributed by atoms with van der Waals surface area (Å²) in [5, 5.41) is 0. The number of amides is 2. The molecule has 3 heterocycles. The maximum absolute atomic E-state index is 12.8. The maximum Gasteiger partial charge on any atom is 0.261 e. The van der Waals surface area contributed by atoms with Gasteiger partial charge in [-0.2, -0.15) is 0 Å². The van der Waals surface area contributed by atoms with E-state index in [1.807, 2.05) is 41.0 Å². The van der Waals surface area contributed by atoms with Crippen LogP contribution in [0.3, 0.4) is 0 Å². The first-order valence-electron chi connectivity index (χ1n) is 9.54. The van der Waals surface area contributed by atoms with E-state index >= 15 is 0 Å². The van der Waals surface area contributed by atoms with Gasteiger partial charge in [-0.05, 0) is 42.0 Å². The fraction of sp³-hybridized carbons (Fsp3) is 0.130. The molecular weight excluding hydrogens is 380 g/mol. The number of ether oxygens (including phenoxy) is 1. The zero-order chi connectivity index (χ0) is 20.7. The third kappa shape index (κ3) is 2.91. The van der Waals surface area contributed by atoms with Gasteiger partial charge in [-0.25, -0.2) is 9.97 Å². The Morgan fingerprint density at radius 3 is 2.23 bits per heavy atom. The molecule has 0 unspecified atom stereocenters. The van der Waals surface area contributed by atoms with Crippen LogP contribution in [0.1, 0.15) is 32.1 Å². The zero-order valence-electron chi connectivity index (χ0n) is 16.3. The number of methoxy groups -OCH3 is 1. The first kappa shape index (κ1) is 18.1. The lowest BCUT2D eigenvalue weighted by Gasteiger charge is -2.15. The maximum atomic E-state index is 12.8. The quantitative estimate of drug-likeness (QED) is 0.482. The molecule has 7 heteroatoms. The van der Waals surface area contributed by atoms with E-state index in [0.717, 1.165) is 16.8 Å². The minimum atomic E-state index is -0.299. The molecule has 0 aliphatic carbocycles. The molecule has 148 valence electrons. The van der Waals surface area contributed by atoms with Crippen LogP contribution in [-0.4, -0.2) is 38.4 Å². The highest BCUT2D eigenvalue weighted by atomic mass is 16.5. The number of hydrogen-bond donors (Lipinski definition) is 0. The molecule has 1 aliphatic heterocycles. The van der Waals surface area contributed by atoms with Gasteiger partial charge < -0.3 is 9.30 Å². The Balaban J connectivity index is 1.52. The lowest BCUT2D eigenvalue weighted by atomic mass is 10.1. The number of imide groups is 1.